The first-order valence-electron chi connectivity index (χ1n) is 13.4. The molecule has 5 aromatic carbocycles. The molecule has 0 spiro atoms. The van der Waals surface area contributed by atoms with Gasteiger partial charge in [-0.1, -0.05) is 103 Å². The third-order valence-electron chi connectivity index (χ3n) is 6.93. The Hall–Kier alpha value is -5.68. The standard InChI is InChI=1S/C37H26O5/c1-40-31-21-23-34-32(24-31)35(36(42-34)29-10-6-3-7-11-29)37(39)41-30-19-12-25(13-20-30)14-22-33(38)28-17-15-27(16-18-28)26-8-4-2-5-9-26/h2-24H,1H3/b22-14+. The van der Waals surface area contributed by atoms with Gasteiger partial charge in [-0.05, 0) is 53.1 Å². The van der Waals surface area contributed by atoms with Gasteiger partial charge in [0.25, 0.3) is 0 Å². The van der Waals surface area contributed by atoms with Crippen LogP contribution in [0.1, 0.15) is 26.3 Å². The molecule has 0 unspecified atom stereocenters. The molecule has 0 fully saturated rings. The van der Waals surface area contributed by atoms with Crippen LogP contribution in [0, 0.1) is 0 Å². The molecule has 0 aliphatic carbocycles. The zero-order valence-electron chi connectivity index (χ0n) is 22.8. The Bertz CT molecular complexity index is 1880. The van der Waals surface area contributed by atoms with Crippen LogP contribution in [0.15, 0.2) is 138 Å². The lowest BCUT2D eigenvalue weighted by Gasteiger charge is -2.06. The molecule has 0 atom stereocenters. The quantitative estimate of drug-likeness (QED) is 0.0819. The number of rotatable bonds is 8. The number of ether oxygens (including phenoxy) is 2. The van der Waals surface area contributed by atoms with Crippen LogP contribution < -0.4 is 9.47 Å². The summed E-state index contributed by atoms with van der Waals surface area (Å²) in [7, 11) is 1.57. The molecular weight excluding hydrogens is 524 g/mol. The number of carbonyl (C=O) groups is 2. The lowest BCUT2D eigenvalue weighted by molar-refractivity contribution is 0.0736. The van der Waals surface area contributed by atoms with Crippen molar-refractivity contribution in [1.82, 2.24) is 0 Å². The Balaban J connectivity index is 1.18. The number of furan rings is 1. The van der Waals surface area contributed by atoms with Gasteiger partial charge < -0.3 is 13.9 Å². The number of esters is 1. The molecular formula is C37H26O5. The summed E-state index contributed by atoms with van der Waals surface area (Å²) in [6, 6.07) is 39.3. The van der Waals surface area contributed by atoms with Crippen molar-refractivity contribution >= 4 is 28.8 Å². The van der Waals surface area contributed by atoms with E-state index in [0.717, 1.165) is 22.3 Å². The molecule has 0 saturated heterocycles. The number of methoxy groups -OCH3 is 1. The smallest absolute Gasteiger partial charge is 0.348 e. The molecule has 0 N–H and O–H groups in total. The van der Waals surface area contributed by atoms with Crippen LogP contribution >= 0.6 is 0 Å². The molecule has 0 radical (unpaired) electrons. The summed E-state index contributed by atoms with van der Waals surface area (Å²) in [5.41, 5.74) is 5.20. The first kappa shape index (κ1) is 26.5. The van der Waals surface area contributed by atoms with Crippen LogP contribution in [-0.4, -0.2) is 18.9 Å². The number of carbonyl (C=O) groups excluding carboxylic acids is 2. The van der Waals surface area contributed by atoms with Crippen LogP contribution in [0.5, 0.6) is 11.5 Å². The van der Waals surface area contributed by atoms with Crippen molar-refractivity contribution in [2.75, 3.05) is 7.11 Å². The van der Waals surface area contributed by atoms with Crippen molar-refractivity contribution < 1.29 is 23.5 Å². The Morgan fingerprint density at radius 2 is 1.29 bits per heavy atom. The molecule has 42 heavy (non-hydrogen) atoms. The Labute approximate surface area is 243 Å². The summed E-state index contributed by atoms with van der Waals surface area (Å²) < 4.78 is 17.2. The highest BCUT2D eigenvalue weighted by Crippen LogP contribution is 2.36. The molecule has 204 valence electrons. The maximum atomic E-state index is 13.5. The van der Waals surface area contributed by atoms with Gasteiger partial charge in [-0.15, -0.1) is 0 Å². The van der Waals surface area contributed by atoms with Crippen LogP contribution in [0.25, 0.3) is 39.5 Å². The minimum Gasteiger partial charge on any atom is -0.497 e. The van der Waals surface area contributed by atoms with Gasteiger partial charge in [0.1, 0.15) is 28.4 Å². The third-order valence-corrected chi connectivity index (χ3v) is 6.93. The van der Waals surface area contributed by atoms with Crippen LogP contribution in [0.4, 0.5) is 0 Å². The van der Waals surface area contributed by atoms with Crippen LogP contribution in [-0.2, 0) is 0 Å². The van der Waals surface area contributed by atoms with Gasteiger partial charge in [0.15, 0.2) is 5.78 Å². The molecule has 5 heteroatoms. The minimum atomic E-state index is -0.543. The highest BCUT2D eigenvalue weighted by molar-refractivity contribution is 6.10. The summed E-state index contributed by atoms with van der Waals surface area (Å²) in [6.45, 7) is 0. The fourth-order valence-electron chi connectivity index (χ4n) is 4.73. The summed E-state index contributed by atoms with van der Waals surface area (Å²) in [5.74, 6) is 0.767. The van der Waals surface area contributed by atoms with Crippen molar-refractivity contribution in [3.8, 4) is 33.9 Å². The largest absolute Gasteiger partial charge is 0.497 e. The SMILES string of the molecule is COc1ccc2oc(-c3ccccc3)c(C(=O)Oc3ccc(/C=C/C(=O)c4ccc(-c5ccccc5)cc4)cc3)c2c1. The lowest BCUT2D eigenvalue weighted by atomic mass is 10.0. The maximum Gasteiger partial charge on any atom is 0.348 e. The van der Waals surface area contributed by atoms with Crippen molar-refractivity contribution in [3.05, 3.63) is 150 Å². The van der Waals surface area contributed by atoms with Gasteiger partial charge in [-0.25, -0.2) is 4.79 Å². The van der Waals surface area contributed by atoms with Gasteiger partial charge >= 0.3 is 5.97 Å². The molecule has 6 rings (SSSR count). The van der Waals surface area contributed by atoms with E-state index in [2.05, 4.69) is 0 Å². The predicted octanol–water partition coefficient (Wildman–Crippen LogP) is 8.89. The van der Waals surface area contributed by atoms with Crippen molar-refractivity contribution in [1.29, 1.82) is 0 Å². The molecule has 0 aliphatic heterocycles. The average molecular weight is 551 g/mol. The molecule has 0 aliphatic rings. The van der Waals surface area contributed by atoms with E-state index in [9.17, 15) is 9.59 Å². The minimum absolute atomic E-state index is 0.0965. The van der Waals surface area contributed by atoms with Crippen molar-refractivity contribution in [3.63, 3.8) is 0 Å². The number of fused-ring (bicyclic) bond motifs is 1. The van der Waals surface area contributed by atoms with E-state index in [4.69, 9.17) is 13.9 Å². The van der Waals surface area contributed by atoms with E-state index in [1.807, 2.05) is 84.9 Å². The van der Waals surface area contributed by atoms with E-state index in [1.165, 1.54) is 6.08 Å². The van der Waals surface area contributed by atoms with E-state index in [0.29, 0.717) is 39.4 Å². The number of ketones is 1. The molecule has 6 aromatic rings. The second kappa shape index (κ2) is 11.8. The van der Waals surface area contributed by atoms with Gasteiger partial charge in [-0.2, -0.15) is 0 Å². The molecule has 5 nitrogen and oxygen atoms in total. The number of hydrogen-bond donors (Lipinski definition) is 0. The highest BCUT2D eigenvalue weighted by atomic mass is 16.5. The number of hydrogen-bond acceptors (Lipinski definition) is 5. The second-order valence-corrected chi connectivity index (χ2v) is 9.63. The normalized spacial score (nSPS) is 11.1. The van der Waals surface area contributed by atoms with Gasteiger partial charge in [0.05, 0.1) is 7.11 Å². The summed E-state index contributed by atoms with van der Waals surface area (Å²) in [5, 5.41) is 0.605. The fraction of sp³-hybridized carbons (Fsp3) is 0.0270. The van der Waals surface area contributed by atoms with Gasteiger partial charge in [0.2, 0.25) is 0 Å². The Morgan fingerprint density at radius 3 is 1.95 bits per heavy atom. The Kier molecular flexibility index (Phi) is 7.47. The van der Waals surface area contributed by atoms with Crippen molar-refractivity contribution in [2.45, 2.75) is 0 Å². The van der Waals surface area contributed by atoms with Gasteiger partial charge in [-0.3, -0.25) is 4.79 Å². The molecule has 1 heterocycles. The van der Waals surface area contributed by atoms with Crippen molar-refractivity contribution in [2.24, 2.45) is 0 Å². The molecule has 0 bridgehead atoms. The van der Waals surface area contributed by atoms with E-state index < -0.39 is 5.97 Å². The van der Waals surface area contributed by atoms with Crippen LogP contribution in [0.2, 0.25) is 0 Å². The van der Waals surface area contributed by atoms with Gasteiger partial charge in [0, 0.05) is 16.5 Å². The monoisotopic (exact) mass is 550 g/mol. The molecule has 0 saturated carbocycles. The maximum absolute atomic E-state index is 13.5. The van der Waals surface area contributed by atoms with Crippen LogP contribution in [0.3, 0.4) is 0 Å². The number of allylic oxidation sites excluding steroid dienone is 1. The third kappa shape index (κ3) is 5.62. The topological polar surface area (TPSA) is 65.7 Å². The molecule has 0 amide bonds. The molecule has 1 aromatic heterocycles. The summed E-state index contributed by atoms with van der Waals surface area (Å²) in [6.07, 6.45) is 3.28. The van der Waals surface area contributed by atoms with E-state index >= 15 is 0 Å². The Morgan fingerprint density at radius 1 is 0.667 bits per heavy atom. The zero-order valence-corrected chi connectivity index (χ0v) is 22.8. The zero-order chi connectivity index (χ0) is 28.9. The average Bonchev–Trinajstić information content (AvgIpc) is 3.44. The summed E-state index contributed by atoms with van der Waals surface area (Å²) in [4.78, 5) is 26.2. The highest BCUT2D eigenvalue weighted by Gasteiger charge is 2.24. The summed E-state index contributed by atoms with van der Waals surface area (Å²) >= 11 is 0. The lowest BCUT2D eigenvalue weighted by Crippen LogP contribution is -2.09. The predicted molar refractivity (Wildman–Crippen MR) is 165 cm³/mol. The number of benzene rings is 5. The second-order valence-electron chi connectivity index (χ2n) is 9.63. The first-order valence-corrected chi connectivity index (χ1v) is 13.4. The van der Waals surface area contributed by atoms with E-state index in [-0.39, 0.29) is 5.78 Å². The van der Waals surface area contributed by atoms with E-state index in [1.54, 1.807) is 55.7 Å². The first-order chi connectivity index (χ1) is 20.6. The fourth-order valence-corrected chi connectivity index (χ4v) is 4.73.